The van der Waals surface area contributed by atoms with Gasteiger partial charge in [0.05, 0.1) is 23.0 Å². The number of hydrogen-bond donors (Lipinski definition) is 1. The number of benzene rings is 2. The molecular formula is C20H20Cl2N2O3S. The molecule has 3 rings (SSSR count). The van der Waals surface area contributed by atoms with E-state index >= 15 is 0 Å². The molecular weight excluding hydrogens is 419 g/mol. The fourth-order valence-electron chi connectivity index (χ4n) is 2.95. The highest BCUT2D eigenvalue weighted by molar-refractivity contribution is 7.99. The smallest absolute Gasteiger partial charge is 0.255 e. The van der Waals surface area contributed by atoms with Crippen LogP contribution in [0.5, 0.6) is 5.75 Å². The number of carbonyl (C=O) groups is 2. The third-order valence-electron chi connectivity index (χ3n) is 4.67. The topological polar surface area (TPSA) is 58.6 Å². The molecule has 0 radical (unpaired) electrons. The van der Waals surface area contributed by atoms with Crippen LogP contribution in [-0.2, 0) is 4.79 Å². The molecule has 5 nitrogen and oxygen atoms in total. The molecule has 2 aromatic rings. The van der Waals surface area contributed by atoms with E-state index in [2.05, 4.69) is 5.32 Å². The van der Waals surface area contributed by atoms with Crippen LogP contribution in [0.15, 0.2) is 30.3 Å². The van der Waals surface area contributed by atoms with Crippen molar-refractivity contribution < 1.29 is 14.3 Å². The van der Waals surface area contributed by atoms with Gasteiger partial charge in [-0.05, 0) is 49.2 Å². The summed E-state index contributed by atoms with van der Waals surface area (Å²) < 4.78 is 5.12. The number of thioether (sulfide) groups is 1. The number of amides is 2. The largest absolute Gasteiger partial charge is 0.494 e. The molecule has 0 aromatic heterocycles. The van der Waals surface area contributed by atoms with Gasteiger partial charge >= 0.3 is 0 Å². The second kappa shape index (κ2) is 8.64. The van der Waals surface area contributed by atoms with Crippen LogP contribution in [0.4, 0.5) is 5.69 Å². The number of carbonyl (C=O) groups excluding carboxylic acids is 2. The van der Waals surface area contributed by atoms with E-state index in [1.165, 1.54) is 35.9 Å². The fourth-order valence-corrected chi connectivity index (χ4v) is 4.74. The molecule has 0 saturated carbocycles. The summed E-state index contributed by atoms with van der Waals surface area (Å²) in [6, 6.07) is 8.19. The Morgan fingerprint density at radius 3 is 2.43 bits per heavy atom. The molecule has 8 heteroatoms. The van der Waals surface area contributed by atoms with Gasteiger partial charge < -0.3 is 15.0 Å². The first kappa shape index (κ1) is 20.8. The molecule has 1 aliphatic rings. The number of nitrogens with one attached hydrogen (secondary N) is 1. The van der Waals surface area contributed by atoms with Crippen LogP contribution in [-0.4, -0.2) is 41.5 Å². The minimum atomic E-state index is -0.571. The highest BCUT2D eigenvalue weighted by Gasteiger charge is 2.35. The minimum absolute atomic E-state index is 0.215. The van der Waals surface area contributed by atoms with E-state index in [0.29, 0.717) is 28.6 Å². The Morgan fingerprint density at radius 2 is 1.82 bits per heavy atom. The van der Waals surface area contributed by atoms with Crippen molar-refractivity contribution in [3.05, 3.63) is 57.1 Å². The van der Waals surface area contributed by atoms with Crippen LogP contribution in [0.3, 0.4) is 0 Å². The molecule has 0 aliphatic carbocycles. The lowest BCUT2D eigenvalue weighted by Gasteiger charge is -2.23. The van der Waals surface area contributed by atoms with Crippen LogP contribution in [0.2, 0.25) is 10.0 Å². The Morgan fingerprint density at radius 1 is 1.14 bits per heavy atom. The minimum Gasteiger partial charge on any atom is -0.494 e. The predicted molar refractivity (Wildman–Crippen MR) is 115 cm³/mol. The Balaban J connectivity index is 1.79. The van der Waals surface area contributed by atoms with E-state index in [1.807, 2.05) is 32.0 Å². The van der Waals surface area contributed by atoms with Gasteiger partial charge in [0.1, 0.15) is 6.04 Å². The first-order valence-corrected chi connectivity index (χ1v) is 10.5. The zero-order chi connectivity index (χ0) is 20.4. The first-order chi connectivity index (χ1) is 13.3. The molecule has 148 valence electrons. The second-order valence-corrected chi connectivity index (χ2v) is 8.37. The molecule has 1 heterocycles. The van der Waals surface area contributed by atoms with Crippen molar-refractivity contribution in [1.29, 1.82) is 0 Å². The number of aryl methyl sites for hydroxylation is 2. The molecule has 1 saturated heterocycles. The number of halogens is 2. The van der Waals surface area contributed by atoms with E-state index in [0.717, 1.165) is 11.1 Å². The van der Waals surface area contributed by atoms with Gasteiger partial charge in [0.25, 0.3) is 5.91 Å². The van der Waals surface area contributed by atoms with Gasteiger partial charge in [-0.2, -0.15) is 0 Å². The molecule has 1 atom stereocenters. The van der Waals surface area contributed by atoms with Crippen LogP contribution in [0.25, 0.3) is 0 Å². The Kier molecular flexibility index (Phi) is 6.43. The van der Waals surface area contributed by atoms with Gasteiger partial charge in [0.15, 0.2) is 5.75 Å². The van der Waals surface area contributed by atoms with Crippen molar-refractivity contribution in [3.8, 4) is 5.75 Å². The number of rotatable bonds is 4. The average Bonchev–Trinajstić information content (AvgIpc) is 3.13. The summed E-state index contributed by atoms with van der Waals surface area (Å²) in [5, 5.41) is 3.41. The van der Waals surface area contributed by atoms with Crippen molar-refractivity contribution in [2.75, 3.05) is 24.1 Å². The maximum Gasteiger partial charge on any atom is 0.255 e. The summed E-state index contributed by atoms with van der Waals surface area (Å²) in [5.74, 6) is 0.759. The number of ether oxygens (including phenoxy) is 1. The standard InChI is InChI=1S/C20H20Cl2N2O3S/c1-11-4-5-14(6-12(11)2)23-19(25)17-9-28-10-24(17)20(26)13-7-15(21)18(27-3)16(22)8-13/h4-8,17H,9-10H2,1-3H3,(H,23,25). The molecule has 28 heavy (non-hydrogen) atoms. The summed E-state index contributed by atoms with van der Waals surface area (Å²) in [5.41, 5.74) is 3.28. The van der Waals surface area contributed by atoms with E-state index in [4.69, 9.17) is 27.9 Å². The van der Waals surface area contributed by atoms with Gasteiger partial charge in [0, 0.05) is 17.0 Å². The number of anilines is 1. The molecule has 1 aliphatic heterocycles. The molecule has 2 aromatic carbocycles. The molecule has 0 bridgehead atoms. The lowest BCUT2D eigenvalue weighted by molar-refractivity contribution is -0.119. The highest BCUT2D eigenvalue weighted by Crippen LogP contribution is 2.35. The Bertz CT molecular complexity index is 913. The van der Waals surface area contributed by atoms with Crippen LogP contribution >= 0.6 is 35.0 Å². The van der Waals surface area contributed by atoms with Crippen LogP contribution < -0.4 is 10.1 Å². The number of nitrogens with zero attached hydrogens (tertiary/aromatic N) is 1. The lowest BCUT2D eigenvalue weighted by Crippen LogP contribution is -2.44. The van der Waals surface area contributed by atoms with E-state index < -0.39 is 6.04 Å². The molecule has 2 amide bonds. The van der Waals surface area contributed by atoms with E-state index in [9.17, 15) is 9.59 Å². The summed E-state index contributed by atoms with van der Waals surface area (Å²) >= 11 is 13.8. The third kappa shape index (κ3) is 4.24. The quantitative estimate of drug-likeness (QED) is 0.746. The monoisotopic (exact) mass is 438 g/mol. The van der Waals surface area contributed by atoms with Gasteiger partial charge in [-0.15, -0.1) is 11.8 Å². The van der Waals surface area contributed by atoms with Crippen LogP contribution in [0.1, 0.15) is 21.5 Å². The normalized spacial score (nSPS) is 16.2. The molecule has 0 spiro atoms. The summed E-state index contributed by atoms with van der Waals surface area (Å²) in [4.78, 5) is 27.3. The maximum absolute atomic E-state index is 13.0. The lowest BCUT2D eigenvalue weighted by atomic mass is 10.1. The van der Waals surface area contributed by atoms with Crippen molar-refractivity contribution >= 4 is 52.5 Å². The highest BCUT2D eigenvalue weighted by atomic mass is 35.5. The Hall–Kier alpha value is -1.89. The predicted octanol–water partition coefficient (Wildman–Crippen LogP) is 4.77. The fraction of sp³-hybridized carbons (Fsp3) is 0.300. The Labute approximate surface area is 178 Å². The molecule has 1 N–H and O–H groups in total. The van der Waals surface area contributed by atoms with Crippen molar-refractivity contribution in [1.82, 2.24) is 4.90 Å². The van der Waals surface area contributed by atoms with E-state index in [1.54, 1.807) is 0 Å². The van der Waals surface area contributed by atoms with Crippen molar-refractivity contribution in [2.24, 2.45) is 0 Å². The SMILES string of the molecule is COc1c(Cl)cc(C(=O)N2CSCC2C(=O)Nc2ccc(C)c(C)c2)cc1Cl. The maximum atomic E-state index is 13.0. The number of methoxy groups -OCH3 is 1. The van der Waals surface area contributed by atoms with Gasteiger partial charge in [-0.1, -0.05) is 29.3 Å². The van der Waals surface area contributed by atoms with Gasteiger partial charge in [-0.25, -0.2) is 0 Å². The molecule has 1 unspecified atom stereocenters. The van der Waals surface area contributed by atoms with Gasteiger partial charge in [0.2, 0.25) is 5.91 Å². The van der Waals surface area contributed by atoms with Crippen molar-refractivity contribution in [2.45, 2.75) is 19.9 Å². The summed E-state index contributed by atoms with van der Waals surface area (Å²) in [6.07, 6.45) is 0. The molecule has 1 fully saturated rings. The average molecular weight is 439 g/mol. The van der Waals surface area contributed by atoms with Crippen LogP contribution in [0, 0.1) is 13.8 Å². The summed E-state index contributed by atoms with van der Waals surface area (Å²) in [7, 11) is 1.46. The first-order valence-electron chi connectivity index (χ1n) is 8.61. The van der Waals surface area contributed by atoms with Crippen molar-refractivity contribution in [3.63, 3.8) is 0 Å². The summed E-state index contributed by atoms with van der Waals surface area (Å²) in [6.45, 7) is 4.00. The second-order valence-electron chi connectivity index (χ2n) is 6.55. The number of hydrogen-bond acceptors (Lipinski definition) is 4. The zero-order valence-corrected chi connectivity index (χ0v) is 18.0. The van der Waals surface area contributed by atoms with E-state index in [-0.39, 0.29) is 21.9 Å². The van der Waals surface area contributed by atoms with Gasteiger partial charge in [-0.3, -0.25) is 9.59 Å². The zero-order valence-electron chi connectivity index (χ0n) is 15.7. The third-order valence-corrected chi connectivity index (χ3v) is 6.24.